The van der Waals surface area contributed by atoms with Crippen molar-refractivity contribution in [3.63, 3.8) is 0 Å². The molecule has 0 radical (unpaired) electrons. The second kappa shape index (κ2) is 5.71. The van der Waals surface area contributed by atoms with E-state index < -0.39 is 0 Å². The Balaban J connectivity index is 1.51. The molecular weight excluding hydrogens is 234 g/mol. The van der Waals surface area contributed by atoms with Crippen molar-refractivity contribution < 1.29 is 0 Å². The minimum absolute atomic E-state index is 0.451. The summed E-state index contributed by atoms with van der Waals surface area (Å²) in [5.41, 5.74) is 0.451. The summed E-state index contributed by atoms with van der Waals surface area (Å²) in [5, 5.41) is 3.93. The number of likely N-dealkylation sites (N-methyl/N-ethyl adjacent to an activating group) is 1. The second-order valence-corrected chi connectivity index (χ2v) is 7.26. The van der Waals surface area contributed by atoms with E-state index in [-0.39, 0.29) is 0 Å². The van der Waals surface area contributed by atoms with E-state index >= 15 is 0 Å². The molecule has 3 nitrogen and oxygen atoms in total. The Bertz CT molecular complexity index is 296. The Morgan fingerprint density at radius 1 is 1.11 bits per heavy atom. The molecule has 19 heavy (non-hydrogen) atoms. The number of nitrogens with zero attached hydrogens (tertiary/aromatic N) is 2. The number of fused-ring (bicyclic) bond motifs is 1. The predicted molar refractivity (Wildman–Crippen MR) is 80.5 cm³/mol. The standard InChI is InChI=1S/C16H31N3/c1-18(2)16(8-3-4-9-16)13-17-14-7-11-19-10-5-6-15(19)12-14/h14-15,17H,3-13H2,1-2H3. The van der Waals surface area contributed by atoms with Gasteiger partial charge in [-0.1, -0.05) is 12.8 Å². The van der Waals surface area contributed by atoms with Crippen LogP contribution >= 0.6 is 0 Å². The van der Waals surface area contributed by atoms with Crippen LogP contribution in [0.4, 0.5) is 0 Å². The third-order valence-electron chi connectivity index (χ3n) is 6.02. The van der Waals surface area contributed by atoms with E-state index in [0.717, 1.165) is 12.1 Å². The zero-order chi connectivity index (χ0) is 13.3. The zero-order valence-electron chi connectivity index (χ0n) is 12.8. The maximum atomic E-state index is 3.93. The summed E-state index contributed by atoms with van der Waals surface area (Å²) in [5.74, 6) is 0. The summed E-state index contributed by atoms with van der Waals surface area (Å²) < 4.78 is 0. The molecular formula is C16H31N3. The molecule has 1 saturated carbocycles. The molecule has 0 bridgehead atoms. The Morgan fingerprint density at radius 3 is 2.63 bits per heavy atom. The molecule has 0 amide bonds. The van der Waals surface area contributed by atoms with Gasteiger partial charge in [0, 0.05) is 24.2 Å². The van der Waals surface area contributed by atoms with Gasteiger partial charge in [0.2, 0.25) is 0 Å². The monoisotopic (exact) mass is 265 g/mol. The highest BCUT2D eigenvalue weighted by Crippen LogP contribution is 2.34. The van der Waals surface area contributed by atoms with Gasteiger partial charge >= 0.3 is 0 Å². The van der Waals surface area contributed by atoms with Crippen LogP contribution in [0.5, 0.6) is 0 Å². The summed E-state index contributed by atoms with van der Waals surface area (Å²) in [6.07, 6.45) is 11.2. The molecule has 2 heterocycles. The van der Waals surface area contributed by atoms with Crippen LogP contribution in [-0.2, 0) is 0 Å². The fourth-order valence-corrected chi connectivity index (χ4v) is 4.56. The van der Waals surface area contributed by atoms with E-state index in [9.17, 15) is 0 Å². The van der Waals surface area contributed by atoms with Crippen molar-refractivity contribution in [2.24, 2.45) is 0 Å². The molecule has 0 spiro atoms. The lowest BCUT2D eigenvalue weighted by Crippen LogP contribution is -2.54. The van der Waals surface area contributed by atoms with Gasteiger partial charge in [0.15, 0.2) is 0 Å². The topological polar surface area (TPSA) is 18.5 Å². The summed E-state index contributed by atoms with van der Waals surface area (Å²) in [6, 6.07) is 1.67. The number of hydrogen-bond acceptors (Lipinski definition) is 3. The lowest BCUT2D eigenvalue weighted by Gasteiger charge is -2.40. The minimum atomic E-state index is 0.451. The molecule has 1 aliphatic carbocycles. The maximum Gasteiger partial charge on any atom is 0.0327 e. The van der Waals surface area contributed by atoms with Crippen molar-refractivity contribution in [2.45, 2.75) is 69.0 Å². The van der Waals surface area contributed by atoms with Crippen LogP contribution in [0.3, 0.4) is 0 Å². The largest absolute Gasteiger partial charge is 0.312 e. The first kappa shape index (κ1) is 13.8. The lowest BCUT2D eigenvalue weighted by atomic mass is 9.93. The number of rotatable bonds is 4. The maximum absolute atomic E-state index is 3.93. The summed E-state index contributed by atoms with van der Waals surface area (Å²) >= 11 is 0. The SMILES string of the molecule is CN(C)C1(CNC2CCN3CCCC3C2)CCCC1. The Labute approximate surface area is 118 Å². The first-order chi connectivity index (χ1) is 9.20. The van der Waals surface area contributed by atoms with Gasteiger partial charge in [-0.2, -0.15) is 0 Å². The smallest absolute Gasteiger partial charge is 0.0327 e. The predicted octanol–water partition coefficient (Wildman–Crippen LogP) is 2.08. The van der Waals surface area contributed by atoms with Crippen LogP contribution in [0.2, 0.25) is 0 Å². The second-order valence-electron chi connectivity index (χ2n) is 7.26. The highest BCUT2D eigenvalue weighted by atomic mass is 15.2. The van der Waals surface area contributed by atoms with Gasteiger partial charge in [-0.3, -0.25) is 0 Å². The molecule has 0 aromatic heterocycles. The van der Waals surface area contributed by atoms with Crippen LogP contribution in [-0.4, -0.2) is 61.2 Å². The number of piperidine rings is 1. The van der Waals surface area contributed by atoms with Gasteiger partial charge in [0.25, 0.3) is 0 Å². The van der Waals surface area contributed by atoms with Crippen molar-refractivity contribution >= 4 is 0 Å². The Hall–Kier alpha value is -0.120. The van der Waals surface area contributed by atoms with Gasteiger partial charge < -0.3 is 15.1 Å². The molecule has 0 aromatic carbocycles. The van der Waals surface area contributed by atoms with Gasteiger partial charge in [0.1, 0.15) is 0 Å². The molecule has 1 N–H and O–H groups in total. The molecule has 2 aliphatic heterocycles. The molecule has 3 aliphatic rings. The van der Waals surface area contributed by atoms with Crippen LogP contribution in [0, 0.1) is 0 Å². The molecule has 3 heteroatoms. The van der Waals surface area contributed by atoms with E-state index in [2.05, 4.69) is 29.2 Å². The van der Waals surface area contributed by atoms with Crippen molar-refractivity contribution in [1.82, 2.24) is 15.1 Å². The average molecular weight is 265 g/mol. The summed E-state index contributed by atoms with van der Waals surface area (Å²) in [7, 11) is 4.54. The van der Waals surface area contributed by atoms with Crippen LogP contribution in [0.25, 0.3) is 0 Å². The van der Waals surface area contributed by atoms with Crippen LogP contribution < -0.4 is 5.32 Å². The van der Waals surface area contributed by atoms with Crippen molar-refractivity contribution in [3.05, 3.63) is 0 Å². The molecule has 2 saturated heterocycles. The van der Waals surface area contributed by atoms with Crippen molar-refractivity contribution in [3.8, 4) is 0 Å². The fourth-order valence-electron chi connectivity index (χ4n) is 4.56. The van der Waals surface area contributed by atoms with Gasteiger partial charge in [-0.15, -0.1) is 0 Å². The van der Waals surface area contributed by atoms with Crippen molar-refractivity contribution in [2.75, 3.05) is 33.7 Å². The fraction of sp³-hybridized carbons (Fsp3) is 1.00. The normalized spacial score (nSPS) is 34.9. The average Bonchev–Trinajstić information content (AvgIpc) is 3.05. The van der Waals surface area contributed by atoms with Crippen LogP contribution in [0.15, 0.2) is 0 Å². The number of hydrogen-bond donors (Lipinski definition) is 1. The van der Waals surface area contributed by atoms with E-state index in [1.54, 1.807) is 0 Å². The zero-order valence-corrected chi connectivity index (χ0v) is 12.8. The third kappa shape index (κ3) is 2.84. The van der Waals surface area contributed by atoms with Gasteiger partial charge in [-0.05, 0) is 65.7 Å². The quantitative estimate of drug-likeness (QED) is 0.839. The molecule has 2 atom stereocenters. The van der Waals surface area contributed by atoms with Gasteiger partial charge in [0.05, 0.1) is 0 Å². The van der Waals surface area contributed by atoms with Crippen LogP contribution in [0.1, 0.15) is 51.4 Å². The van der Waals surface area contributed by atoms with Gasteiger partial charge in [-0.25, -0.2) is 0 Å². The highest BCUT2D eigenvalue weighted by molar-refractivity contribution is 4.97. The Kier molecular flexibility index (Phi) is 4.16. The molecule has 2 unspecified atom stereocenters. The third-order valence-corrected chi connectivity index (χ3v) is 6.02. The molecule has 3 fully saturated rings. The van der Waals surface area contributed by atoms with E-state index in [0.29, 0.717) is 5.54 Å². The summed E-state index contributed by atoms with van der Waals surface area (Å²) in [6.45, 7) is 3.90. The number of nitrogens with one attached hydrogen (secondary N) is 1. The summed E-state index contributed by atoms with van der Waals surface area (Å²) in [4.78, 5) is 5.20. The van der Waals surface area contributed by atoms with E-state index in [1.807, 2.05) is 0 Å². The highest BCUT2D eigenvalue weighted by Gasteiger charge is 2.37. The Morgan fingerprint density at radius 2 is 1.89 bits per heavy atom. The van der Waals surface area contributed by atoms with E-state index in [1.165, 1.54) is 71.0 Å². The first-order valence-electron chi connectivity index (χ1n) is 8.34. The minimum Gasteiger partial charge on any atom is -0.312 e. The molecule has 110 valence electrons. The van der Waals surface area contributed by atoms with E-state index in [4.69, 9.17) is 0 Å². The van der Waals surface area contributed by atoms with Crippen molar-refractivity contribution in [1.29, 1.82) is 0 Å². The molecule has 3 rings (SSSR count). The lowest BCUT2D eigenvalue weighted by molar-refractivity contribution is 0.126. The molecule has 0 aromatic rings. The first-order valence-corrected chi connectivity index (χ1v) is 8.34.